The SMILES string of the molecule is Cc1cc(F)c(N2CCN(S(=O)(=O)CC(F)(F)F)CC2)cc1SCC(F)(F)F. The van der Waals surface area contributed by atoms with Gasteiger partial charge in [-0.25, -0.2) is 12.8 Å². The molecular weight excluding hydrogens is 437 g/mol. The summed E-state index contributed by atoms with van der Waals surface area (Å²) in [4.78, 5) is 1.63. The molecule has 0 saturated carbocycles. The zero-order chi connectivity index (χ0) is 21.3. The van der Waals surface area contributed by atoms with E-state index in [9.17, 15) is 39.2 Å². The molecule has 1 aliphatic rings. The van der Waals surface area contributed by atoms with E-state index in [1.165, 1.54) is 17.9 Å². The van der Waals surface area contributed by atoms with E-state index in [1.807, 2.05) is 0 Å². The van der Waals surface area contributed by atoms with Crippen molar-refractivity contribution in [2.75, 3.05) is 42.6 Å². The van der Waals surface area contributed by atoms with Crippen LogP contribution in [0.5, 0.6) is 0 Å². The summed E-state index contributed by atoms with van der Waals surface area (Å²) >= 11 is 0.502. The van der Waals surface area contributed by atoms with Crippen LogP contribution in [-0.2, 0) is 10.0 Å². The van der Waals surface area contributed by atoms with Crippen LogP contribution in [0.3, 0.4) is 0 Å². The summed E-state index contributed by atoms with van der Waals surface area (Å²) < 4.78 is 113. The molecule has 0 bridgehead atoms. The fraction of sp³-hybridized carbons (Fsp3) is 0.600. The predicted molar refractivity (Wildman–Crippen MR) is 91.5 cm³/mol. The Morgan fingerprint density at radius 1 is 1.00 bits per heavy atom. The van der Waals surface area contributed by atoms with Gasteiger partial charge in [-0.05, 0) is 24.6 Å². The third-order valence-electron chi connectivity index (χ3n) is 3.95. The largest absolute Gasteiger partial charge is 0.404 e. The van der Waals surface area contributed by atoms with E-state index in [0.29, 0.717) is 21.6 Å². The number of hydrogen-bond donors (Lipinski definition) is 0. The van der Waals surface area contributed by atoms with Crippen molar-refractivity contribution in [3.8, 4) is 0 Å². The highest BCUT2D eigenvalue weighted by Crippen LogP contribution is 2.34. The van der Waals surface area contributed by atoms with E-state index >= 15 is 0 Å². The molecule has 1 fully saturated rings. The topological polar surface area (TPSA) is 40.6 Å². The Kier molecular flexibility index (Phi) is 6.81. The first kappa shape index (κ1) is 23.1. The minimum absolute atomic E-state index is 0.0110. The van der Waals surface area contributed by atoms with E-state index in [4.69, 9.17) is 0 Å². The summed E-state index contributed by atoms with van der Waals surface area (Å²) in [6.45, 7) is 0.738. The van der Waals surface area contributed by atoms with Gasteiger partial charge >= 0.3 is 12.4 Å². The first-order valence-electron chi connectivity index (χ1n) is 7.97. The molecule has 0 aliphatic carbocycles. The average molecular weight is 454 g/mol. The first-order valence-corrected chi connectivity index (χ1v) is 10.6. The standard InChI is InChI=1S/C15H17F7N2O2S2/c1-10-6-11(16)12(7-13(10)27-8-14(17,18)19)23-2-4-24(5-3-23)28(25,26)9-15(20,21)22/h6-7H,2-5,8-9H2,1H3. The van der Waals surface area contributed by atoms with Gasteiger partial charge in [0.25, 0.3) is 0 Å². The summed E-state index contributed by atoms with van der Waals surface area (Å²) in [5, 5.41) is 0. The smallest absolute Gasteiger partial charge is 0.366 e. The molecule has 1 aromatic rings. The van der Waals surface area contributed by atoms with Gasteiger partial charge in [0, 0.05) is 31.1 Å². The second-order valence-electron chi connectivity index (χ2n) is 6.23. The van der Waals surface area contributed by atoms with Crippen molar-refractivity contribution in [2.24, 2.45) is 0 Å². The van der Waals surface area contributed by atoms with Gasteiger partial charge in [-0.15, -0.1) is 11.8 Å². The summed E-state index contributed by atoms with van der Waals surface area (Å²) in [7, 11) is -4.54. The number of benzene rings is 1. The van der Waals surface area contributed by atoms with Crippen LogP contribution in [-0.4, -0.2) is 62.8 Å². The van der Waals surface area contributed by atoms with Crippen molar-refractivity contribution in [1.29, 1.82) is 0 Å². The Hall–Kier alpha value is -1.21. The Morgan fingerprint density at radius 2 is 1.57 bits per heavy atom. The lowest BCUT2D eigenvalue weighted by molar-refractivity contribution is -0.107. The molecule has 0 amide bonds. The molecule has 0 N–H and O–H groups in total. The van der Waals surface area contributed by atoms with Gasteiger partial charge in [-0.3, -0.25) is 0 Å². The van der Waals surface area contributed by atoms with Crippen molar-refractivity contribution in [2.45, 2.75) is 24.2 Å². The Balaban J connectivity index is 2.11. The number of hydrogen-bond acceptors (Lipinski definition) is 4. The highest BCUT2D eigenvalue weighted by atomic mass is 32.2. The van der Waals surface area contributed by atoms with Crippen molar-refractivity contribution in [3.63, 3.8) is 0 Å². The molecule has 1 aromatic carbocycles. The maximum atomic E-state index is 14.3. The molecule has 0 radical (unpaired) electrons. The maximum absolute atomic E-state index is 14.3. The lowest BCUT2D eigenvalue weighted by Gasteiger charge is -2.35. The summed E-state index contributed by atoms with van der Waals surface area (Å²) in [6.07, 6.45) is -9.27. The molecule has 0 unspecified atom stereocenters. The minimum atomic E-state index is -4.87. The van der Waals surface area contributed by atoms with E-state index in [2.05, 4.69) is 0 Å². The van der Waals surface area contributed by atoms with Gasteiger partial charge in [-0.1, -0.05) is 0 Å². The number of sulfonamides is 1. The molecule has 28 heavy (non-hydrogen) atoms. The lowest BCUT2D eigenvalue weighted by atomic mass is 10.2. The second kappa shape index (κ2) is 8.27. The summed E-state index contributed by atoms with van der Waals surface area (Å²) in [5.74, 6) is -3.82. The van der Waals surface area contributed by atoms with Crippen LogP contribution >= 0.6 is 11.8 Å². The zero-order valence-electron chi connectivity index (χ0n) is 14.6. The van der Waals surface area contributed by atoms with Crippen LogP contribution in [0, 0.1) is 12.7 Å². The number of nitrogens with zero attached hydrogens (tertiary/aromatic N) is 2. The quantitative estimate of drug-likeness (QED) is 0.501. The molecule has 1 heterocycles. The molecule has 1 saturated heterocycles. The van der Waals surface area contributed by atoms with Crippen LogP contribution < -0.4 is 4.90 Å². The van der Waals surface area contributed by atoms with Crippen molar-refractivity contribution in [3.05, 3.63) is 23.5 Å². The third kappa shape index (κ3) is 6.41. The van der Waals surface area contributed by atoms with Crippen molar-refractivity contribution in [1.82, 2.24) is 4.31 Å². The molecule has 13 heteroatoms. The number of thioether (sulfide) groups is 1. The molecule has 0 spiro atoms. The highest BCUT2D eigenvalue weighted by molar-refractivity contribution is 7.99. The van der Waals surface area contributed by atoms with Crippen LogP contribution in [0.1, 0.15) is 5.56 Å². The summed E-state index contributed by atoms with van der Waals surface area (Å²) in [6, 6.07) is 2.34. The number of aryl methyl sites for hydroxylation is 1. The maximum Gasteiger partial charge on any atom is 0.404 e. The van der Waals surface area contributed by atoms with Crippen LogP contribution in [0.2, 0.25) is 0 Å². The molecule has 2 rings (SSSR count). The highest BCUT2D eigenvalue weighted by Gasteiger charge is 2.39. The van der Waals surface area contributed by atoms with Crippen molar-refractivity contribution >= 4 is 27.5 Å². The number of anilines is 1. The van der Waals surface area contributed by atoms with Gasteiger partial charge in [0.05, 0.1) is 11.4 Å². The molecular formula is C15H17F7N2O2S2. The molecule has 4 nitrogen and oxygen atoms in total. The van der Waals surface area contributed by atoms with Gasteiger partial charge < -0.3 is 4.90 Å². The molecule has 1 aliphatic heterocycles. The fourth-order valence-corrected chi connectivity index (χ4v) is 4.82. The van der Waals surface area contributed by atoms with E-state index in [0.717, 1.165) is 6.07 Å². The third-order valence-corrected chi connectivity index (χ3v) is 7.02. The Morgan fingerprint density at radius 3 is 2.07 bits per heavy atom. The normalized spacial score (nSPS) is 17.2. The number of halogens is 7. The monoisotopic (exact) mass is 454 g/mol. The van der Waals surface area contributed by atoms with Gasteiger partial charge in [0.2, 0.25) is 10.0 Å². The predicted octanol–water partition coefficient (Wildman–Crippen LogP) is 3.80. The van der Waals surface area contributed by atoms with Crippen LogP contribution in [0.15, 0.2) is 17.0 Å². The zero-order valence-corrected chi connectivity index (χ0v) is 16.2. The van der Waals surface area contributed by atoms with Gasteiger partial charge in [0.1, 0.15) is 5.82 Å². The Labute approximate surface area is 161 Å². The average Bonchev–Trinajstić information content (AvgIpc) is 2.51. The van der Waals surface area contributed by atoms with Gasteiger partial charge in [0.15, 0.2) is 5.75 Å². The molecule has 0 aromatic heterocycles. The number of rotatable bonds is 5. The lowest BCUT2D eigenvalue weighted by Crippen LogP contribution is -2.50. The van der Waals surface area contributed by atoms with E-state index < -0.39 is 39.7 Å². The summed E-state index contributed by atoms with van der Waals surface area (Å²) in [5.41, 5.74) is 0.310. The number of alkyl halides is 6. The number of piperazine rings is 1. The van der Waals surface area contributed by atoms with E-state index in [-0.39, 0.29) is 36.8 Å². The molecule has 160 valence electrons. The minimum Gasteiger partial charge on any atom is -0.366 e. The first-order chi connectivity index (χ1) is 12.7. The Bertz CT molecular complexity index is 802. The van der Waals surface area contributed by atoms with E-state index in [1.54, 1.807) is 0 Å². The second-order valence-corrected chi connectivity index (χ2v) is 9.22. The van der Waals surface area contributed by atoms with Crippen molar-refractivity contribution < 1.29 is 39.2 Å². The van der Waals surface area contributed by atoms with Crippen LogP contribution in [0.4, 0.5) is 36.4 Å². The van der Waals surface area contributed by atoms with Crippen LogP contribution in [0.25, 0.3) is 0 Å². The fourth-order valence-electron chi connectivity index (χ4n) is 2.70. The molecule has 0 atom stereocenters. The van der Waals surface area contributed by atoms with Gasteiger partial charge in [-0.2, -0.15) is 30.6 Å².